The van der Waals surface area contributed by atoms with Crippen LogP contribution in [0, 0.1) is 0 Å². The van der Waals surface area contributed by atoms with Gasteiger partial charge in [-0.3, -0.25) is 0 Å². The summed E-state index contributed by atoms with van der Waals surface area (Å²) in [6, 6.07) is -0.0801. The summed E-state index contributed by atoms with van der Waals surface area (Å²) >= 11 is 0. The number of carbonyl (C=O) groups excluding carboxylic acids is 1. The molecule has 0 heterocycles. The van der Waals surface area contributed by atoms with Gasteiger partial charge in [0.1, 0.15) is 0 Å². The molecule has 0 radical (unpaired) electrons. The fourth-order valence-corrected chi connectivity index (χ4v) is 1.84. The van der Waals surface area contributed by atoms with Crippen molar-refractivity contribution >= 4 is 6.03 Å². The van der Waals surface area contributed by atoms with Gasteiger partial charge >= 0.3 is 6.03 Å². The van der Waals surface area contributed by atoms with Crippen molar-refractivity contribution in [2.24, 2.45) is 0 Å². The number of hydrogen-bond donors (Lipinski definition) is 2. The molecule has 0 saturated heterocycles. The predicted molar refractivity (Wildman–Crippen MR) is 55.1 cm³/mol. The zero-order valence-electron chi connectivity index (χ0n) is 9.05. The highest BCUT2D eigenvalue weighted by atomic mass is 16.3. The fraction of sp³-hybridized carbons (Fsp3) is 0.900. The van der Waals surface area contributed by atoms with Crippen molar-refractivity contribution in [3.8, 4) is 0 Å². The molecule has 1 rings (SSSR count). The quantitative estimate of drug-likeness (QED) is 0.712. The highest BCUT2D eigenvalue weighted by Crippen LogP contribution is 2.29. The molecular formula is C10H20N2O2. The van der Waals surface area contributed by atoms with Crippen LogP contribution >= 0.6 is 0 Å². The number of aliphatic hydroxyl groups excluding tert-OH is 1. The summed E-state index contributed by atoms with van der Waals surface area (Å²) in [6.07, 6.45) is 3.98. The highest BCUT2D eigenvalue weighted by Gasteiger charge is 2.35. The Balaban J connectivity index is 2.52. The van der Waals surface area contributed by atoms with Crippen LogP contribution < -0.4 is 5.32 Å². The number of aliphatic hydroxyl groups is 1. The molecule has 0 aromatic carbocycles. The number of rotatable bonds is 3. The summed E-state index contributed by atoms with van der Waals surface area (Å²) in [5.41, 5.74) is -0.347. The Kier molecular flexibility index (Phi) is 3.75. The van der Waals surface area contributed by atoms with E-state index in [2.05, 4.69) is 5.32 Å². The number of urea groups is 1. The number of nitrogens with one attached hydrogen (secondary N) is 1. The van der Waals surface area contributed by atoms with Gasteiger partial charge in [-0.25, -0.2) is 4.79 Å². The Bertz CT molecular complexity index is 200. The fourth-order valence-electron chi connectivity index (χ4n) is 1.84. The third kappa shape index (κ3) is 2.38. The first kappa shape index (κ1) is 11.3. The normalized spacial score (nSPS) is 19.4. The molecule has 2 amide bonds. The highest BCUT2D eigenvalue weighted by molar-refractivity contribution is 5.74. The molecule has 0 bridgehead atoms. The predicted octanol–water partition coefficient (Wildman–Crippen LogP) is 0.953. The van der Waals surface area contributed by atoms with Crippen molar-refractivity contribution in [1.82, 2.24) is 10.2 Å². The second-order valence-corrected chi connectivity index (χ2v) is 4.09. The van der Waals surface area contributed by atoms with Crippen LogP contribution in [0.3, 0.4) is 0 Å². The lowest BCUT2D eigenvalue weighted by molar-refractivity contribution is 0.150. The van der Waals surface area contributed by atoms with Gasteiger partial charge in [0, 0.05) is 13.6 Å². The van der Waals surface area contributed by atoms with Crippen LogP contribution in [0.2, 0.25) is 0 Å². The number of nitrogens with zero attached hydrogens (tertiary/aromatic N) is 1. The van der Waals surface area contributed by atoms with E-state index in [-0.39, 0.29) is 18.2 Å². The summed E-state index contributed by atoms with van der Waals surface area (Å²) in [7, 11) is 1.76. The molecule has 4 heteroatoms. The van der Waals surface area contributed by atoms with E-state index >= 15 is 0 Å². The van der Waals surface area contributed by atoms with Crippen molar-refractivity contribution in [3.63, 3.8) is 0 Å². The molecule has 0 spiro atoms. The van der Waals surface area contributed by atoms with Crippen LogP contribution in [0.1, 0.15) is 32.6 Å². The van der Waals surface area contributed by atoms with E-state index < -0.39 is 0 Å². The monoisotopic (exact) mass is 200 g/mol. The lowest BCUT2D eigenvalue weighted by Gasteiger charge is -2.30. The smallest absolute Gasteiger partial charge is 0.317 e. The molecule has 0 aromatic rings. The van der Waals surface area contributed by atoms with E-state index in [0.717, 1.165) is 25.7 Å². The van der Waals surface area contributed by atoms with Gasteiger partial charge in [0.2, 0.25) is 0 Å². The van der Waals surface area contributed by atoms with Gasteiger partial charge in [-0.2, -0.15) is 0 Å². The summed E-state index contributed by atoms with van der Waals surface area (Å²) < 4.78 is 0. The lowest BCUT2D eigenvalue weighted by atomic mass is 9.99. The second-order valence-electron chi connectivity index (χ2n) is 4.09. The first-order valence-corrected chi connectivity index (χ1v) is 5.28. The van der Waals surface area contributed by atoms with E-state index in [1.54, 1.807) is 11.9 Å². The maximum absolute atomic E-state index is 11.6. The minimum absolute atomic E-state index is 0.0519. The average Bonchev–Trinajstić information content (AvgIpc) is 2.65. The van der Waals surface area contributed by atoms with Gasteiger partial charge in [0.05, 0.1) is 12.1 Å². The van der Waals surface area contributed by atoms with Crippen LogP contribution in [-0.4, -0.2) is 41.8 Å². The minimum Gasteiger partial charge on any atom is -0.394 e. The Labute approximate surface area is 85.3 Å². The van der Waals surface area contributed by atoms with Crippen molar-refractivity contribution in [1.29, 1.82) is 0 Å². The van der Waals surface area contributed by atoms with Gasteiger partial charge in [-0.1, -0.05) is 12.8 Å². The summed E-state index contributed by atoms with van der Waals surface area (Å²) in [6.45, 7) is 2.67. The summed E-state index contributed by atoms with van der Waals surface area (Å²) in [4.78, 5) is 13.2. The third-order valence-electron chi connectivity index (χ3n) is 3.06. The maximum atomic E-state index is 11.6. The first-order chi connectivity index (χ1) is 6.63. The zero-order valence-corrected chi connectivity index (χ0v) is 9.05. The molecular weight excluding hydrogens is 180 g/mol. The van der Waals surface area contributed by atoms with Crippen LogP contribution in [0.15, 0.2) is 0 Å². The second kappa shape index (κ2) is 4.64. The molecule has 2 N–H and O–H groups in total. The standard InChI is InChI=1S/C10H20N2O2/c1-3-12(2)9(14)11-10(8-13)6-4-5-7-10/h13H,3-8H2,1-2H3,(H,11,14). The molecule has 82 valence electrons. The Hall–Kier alpha value is -0.770. The van der Waals surface area contributed by atoms with Crippen LogP contribution in [0.4, 0.5) is 4.79 Å². The van der Waals surface area contributed by atoms with E-state index in [1.807, 2.05) is 6.92 Å². The summed E-state index contributed by atoms with van der Waals surface area (Å²) in [5.74, 6) is 0. The van der Waals surface area contributed by atoms with E-state index in [9.17, 15) is 9.90 Å². The number of hydrogen-bond acceptors (Lipinski definition) is 2. The molecule has 1 saturated carbocycles. The van der Waals surface area contributed by atoms with Gasteiger partial charge in [0.25, 0.3) is 0 Å². The molecule has 1 aliphatic rings. The van der Waals surface area contributed by atoms with Crippen LogP contribution in [0.5, 0.6) is 0 Å². The molecule has 1 aliphatic carbocycles. The number of amides is 2. The van der Waals surface area contributed by atoms with E-state index in [1.165, 1.54) is 0 Å². The van der Waals surface area contributed by atoms with Crippen molar-refractivity contribution in [2.45, 2.75) is 38.1 Å². The maximum Gasteiger partial charge on any atom is 0.317 e. The van der Waals surface area contributed by atoms with Gasteiger partial charge < -0.3 is 15.3 Å². The molecule has 0 aliphatic heterocycles. The summed E-state index contributed by atoms with van der Waals surface area (Å²) in [5, 5.41) is 12.2. The third-order valence-corrected chi connectivity index (χ3v) is 3.06. The SMILES string of the molecule is CCN(C)C(=O)NC1(CO)CCCC1. The molecule has 0 aromatic heterocycles. The molecule has 1 fully saturated rings. The minimum atomic E-state index is -0.347. The van der Waals surface area contributed by atoms with Crippen LogP contribution in [-0.2, 0) is 0 Å². The zero-order chi connectivity index (χ0) is 10.6. The molecule has 0 atom stereocenters. The average molecular weight is 200 g/mol. The largest absolute Gasteiger partial charge is 0.394 e. The Morgan fingerprint density at radius 1 is 1.50 bits per heavy atom. The van der Waals surface area contributed by atoms with Gasteiger partial charge in [0.15, 0.2) is 0 Å². The Morgan fingerprint density at radius 3 is 2.50 bits per heavy atom. The Morgan fingerprint density at radius 2 is 2.07 bits per heavy atom. The molecule has 0 unspecified atom stereocenters. The topological polar surface area (TPSA) is 52.6 Å². The van der Waals surface area contributed by atoms with Crippen molar-refractivity contribution in [2.75, 3.05) is 20.2 Å². The van der Waals surface area contributed by atoms with E-state index in [4.69, 9.17) is 0 Å². The first-order valence-electron chi connectivity index (χ1n) is 5.28. The number of carbonyl (C=O) groups is 1. The van der Waals surface area contributed by atoms with Gasteiger partial charge in [-0.05, 0) is 19.8 Å². The van der Waals surface area contributed by atoms with Gasteiger partial charge in [-0.15, -0.1) is 0 Å². The van der Waals surface area contributed by atoms with Crippen molar-refractivity contribution < 1.29 is 9.90 Å². The molecule has 4 nitrogen and oxygen atoms in total. The van der Waals surface area contributed by atoms with E-state index in [0.29, 0.717) is 6.54 Å². The van der Waals surface area contributed by atoms with Crippen LogP contribution in [0.25, 0.3) is 0 Å². The lowest BCUT2D eigenvalue weighted by Crippen LogP contribution is -2.53. The molecule has 14 heavy (non-hydrogen) atoms. The van der Waals surface area contributed by atoms with Crippen molar-refractivity contribution in [3.05, 3.63) is 0 Å².